The van der Waals surface area contributed by atoms with Gasteiger partial charge in [-0.1, -0.05) is 0 Å². The van der Waals surface area contributed by atoms with Crippen LogP contribution in [0.25, 0.3) is 5.69 Å². The summed E-state index contributed by atoms with van der Waals surface area (Å²) in [6.07, 6.45) is 5.90. The summed E-state index contributed by atoms with van der Waals surface area (Å²) < 4.78 is 34.9. The van der Waals surface area contributed by atoms with Gasteiger partial charge in [-0.05, 0) is 69.9 Å². The second-order valence-electron chi connectivity index (χ2n) is 7.12. The number of rotatable bonds is 6. The number of nitrogens with one attached hydrogen (secondary N) is 1. The molecule has 146 valence electrons. The molecule has 7 nitrogen and oxygen atoms in total. The van der Waals surface area contributed by atoms with E-state index in [1.165, 1.54) is 0 Å². The van der Waals surface area contributed by atoms with Crippen LogP contribution in [0.5, 0.6) is 0 Å². The van der Waals surface area contributed by atoms with Gasteiger partial charge in [-0.3, -0.25) is 4.79 Å². The number of carbonyl (C=O) groups excluding carboxylic acids is 1. The molecule has 1 N–H and O–H groups in total. The Balaban J connectivity index is 1.63. The van der Waals surface area contributed by atoms with Crippen molar-refractivity contribution < 1.29 is 17.9 Å². The van der Waals surface area contributed by atoms with Crippen LogP contribution in [0, 0.1) is 5.41 Å². The maximum Gasteiger partial charge on any atom is 0.311 e. The normalized spacial score (nSPS) is 23.1. The Bertz CT molecular complexity index is 868. The molecule has 0 unspecified atom stereocenters. The van der Waals surface area contributed by atoms with Gasteiger partial charge in [0, 0.05) is 18.4 Å². The van der Waals surface area contributed by atoms with Crippen molar-refractivity contribution in [1.29, 1.82) is 0 Å². The van der Waals surface area contributed by atoms with Crippen LogP contribution in [-0.2, 0) is 19.6 Å². The minimum absolute atomic E-state index is 0.178. The molecule has 2 aromatic rings. The molecule has 1 heterocycles. The fraction of sp³-hybridized carbons (Fsp3) is 0.474. The molecule has 1 saturated carbocycles. The first-order chi connectivity index (χ1) is 12.8. The quantitative estimate of drug-likeness (QED) is 0.765. The molecular weight excluding hydrogens is 366 g/mol. The molecule has 1 aromatic heterocycles. The van der Waals surface area contributed by atoms with Crippen molar-refractivity contribution >= 4 is 16.0 Å². The number of benzene rings is 1. The molecule has 1 fully saturated rings. The van der Waals surface area contributed by atoms with Crippen LogP contribution in [0.4, 0.5) is 0 Å². The highest BCUT2D eigenvalue weighted by molar-refractivity contribution is 7.89. The third kappa shape index (κ3) is 4.39. The van der Waals surface area contributed by atoms with Crippen LogP contribution >= 0.6 is 0 Å². The standard InChI is InChI=1S/C19H25N3O4S/c1-3-26-18(23)19(2)11-9-15(10-12-19)21-27(24,25)17-7-5-16(6-8-17)22-14-4-13-20-22/h4-8,13-15,21H,3,9-12H2,1-2H3. The lowest BCUT2D eigenvalue weighted by atomic mass is 9.74. The van der Waals surface area contributed by atoms with Crippen molar-refractivity contribution in [3.8, 4) is 5.69 Å². The second kappa shape index (κ2) is 7.82. The maximum atomic E-state index is 12.7. The number of carbonyl (C=O) groups is 1. The molecule has 1 aliphatic carbocycles. The van der Waals surface area contributed by atoms with E-state index in [2.05, 4.69) is 9.82 Å². The molecule has 0 saturated heterocycles. The van der Waals surface area contributed by atoms with Crippen molar-refractivity contribution in [3.63, 3.8) is 0 Å². The largest absolute Gasteiger partial charge is 0.466 e. The van der Waals surface area contributed by atoms with Crippen LogP contribution in [0.3, 0.4) is 0 Å². The van der Waals surface area contributed by atoms with Crippen LogP contribution in [0.1, 0.15) is 39.5 Å². The topological polar surface area (TPSA) is 90.3 Å². The average Bonchev–Trinajstić information content (AvgIpc) is 3.19. The number of hydrogen-bond acceptors (Lipinski definition) is 5. The summed E-state index contributed by atoms with van der Waals surface area (Å²) in [5.74, 6) is -0.194. The lowest BCUT2D eigenvalue weighted by Gasteiger charge is -2.35. The summed E-state index contributed by atoms with van der Waals surface area (Å²) in [6.45, 7) is 4.04. The number of hydrogen-bond donors (Lipinski definition) is 1. The van der Waals surface area contributed by atoms with Gasteiger partial charge in [-0.15, -0.1) is 0 Å². The van der Waals surface area contributed by atoms with Crippen molar-refractivity contribution in [3.05, 3.63) is 42.7 Å². The lowest BCUT2D eigenvalue weighted by molar-refractivity contribution is -0.156. The number of aromatic nitrogens is 2. The van der Waals surface area contributed by atoms with Gasteiger partial charge in [-0.2, -0.15) is 5.10 Å². The Hall–Kier alpha value is -2.19. The number of ether oxygens (including phenoxy) is 1. The lowest BCUT2D eigenvalue weighted by Crippen LogP contribution is -2.42. The van der Waals surface area contributed by atoms with Gasteiger partial charge in [0.05, 0.1) is 22.6 Å². The van der Waals surface area contributed by atoms with E-state index in [1.54, 1.807) is 54.3 Å². The zero-order valence-corrected chi connectivity index (χ0v) is 16.4. The molecule has 27 heavy (non-hydrogen) atoms. The van der Waals surface area contributed by atoms with Crippen LogP contribution < -0.4 is 4.72 Å². The number of sulfonamides is 1. The monoisotopic (exact) mass is 391 g/mol. The predicted molar refractivity (Wildman–Crippen MR) is 101 cm³/mol. The van der Waals surface area contributed by atoms with E-state index in [-0.39, 0.29) is 16.9 Å². The molecule has 3 rings (SSSR count). The van der Waals surface area contributed by atoms with Crippen LogP contribution in [-0.4, -0.2) is 36.8 Å². The van der Waals surface area contributed by atoms with E-state index >= 15 is 0 Å². The second-order valence-corrected chi connectivity index (χ2v) is 8.84. The van der Waals surface area contributed by atoms with Gasteiger partial charge in [0.2, 0.25) is 10.0 Å². The number of esters is 1. The van der Waals surface area contributed by atoms with Gasteiger partial charge in [-0.25, -0.2) is 17.8 Å². The Morgan fingerprint density at radius 3 is 2.52 bits per heavy atom. The highest BCUT2D eigenvalue weighted by Gasteiger charge is 2.39. The highest BCUT2D eigenvalue weighted by Crippen LogP contribution is 2.37. The molecule has 0 atom stereocenters. The molecule has 0 amide bonds. The average molecular weight is 391 g/mol. The predicted octanol–water partition coefficient (Wildman–Crippen LogP) is 2.66. The van der Waals surface area contributed by atoms with Crippen LogP contribution in [0.2, 0.25) is 0 Å². The summed E-state index contributed by atoms with van der Waals surface area (Å²) >= 11 is 0. The first-order valence-corrected chi connectivity index (χ1v) is 10.6. The Morgan fingerprint density at radius 1 is 1.30 bits per heavy atom. The molecule has 8 heteroatoms. The zero-order chi connectivity index (χ0) is 19.5. The SMILES string of the molecule is CCOC(=O)C1(C)CCC(NS(=O)(=O)c2ccc(-n3cccn3)cc2)CC1. The van der Waals surface area contributed by atoms with Crippen molar-refractivity contribution in [1.82, 2.24) is 14.5 Å². The first kappa shape index (κ1) is 19.6. The van der Waals surface area contributed by atoms with Gasteiger partial charge < -0.3 is 4.74 Å². The van der Waals surface area contributed by atoms with E-state index in [0.717, 1.165) is 5.69 Å². The third-order valence-corrected chi connectivity index (χ3v) is 6.63. The summed E-state index contributed by atoms with van der Waals surface area (Å²) in [6, 6.07) is 8.22. The fourth-order valence-corrected chi connectivity index (χ4v) is 4.67. The van der Waals surface area contributed by atoms with Gasteiger partial charge in [0.25, 0.3) is 0 Å². The number of nitrogens with zero attached hydrogens (tertiary/aromatic N) is 2. The van der Waals surface area contributed by atoms with Crippen molar-refractivity contribution in [2.45, 2.75) is 50.5 Å². The Labute approximate surface area is 159 Å². The summed E-state index contributed by atoms with van der Waals surface area (Å²) in [5.41, 5.74) is 0.269. The molecule has 1 aromatic carbocycles. The molecule has 1 aliphatic rings. The maximum absolute atomic E-state index is 12.7. The van der Waals surface area contributed by atoms with E-state index in [9.17, 15) is 13.2 Å². The Morgan fingerprint density at radius 2 is 1.96 bits per heavy atom. The smallest absolute Gasteiger partial charge is 0.311 e. The summed E-state index contributed by atoms with van der Waals surface area (Å²) in [4.78, 5) is 12.3. The Kier molecular flexibility index (Phi) is 5.67. The minimum atomic E-state index is -3.61. The molecular formula is C19H25N3O4S. The van der Waals surface area contributed by atoms with E-state index in [4.69, 9.17) is 4.74 Å². The molecule has 0 spiro atoms. The van der Waals surface area contributed by atoms with E-state index in [1.807, 2.05) is 6.92 Å². The highest BCUT2D eigenvalue weighted by atomic mass is 32.2. The molecule has 0 radical (unpaired) electrons. The van der Waals surface area contributed by atoms with E-state index < -0.39 is 15.4 Å². The molecule has 0 bridgehead atoms. The first-order valence-electron chi connectivity index (χ1n) is 9.14. The van der Waals surface area contributed by atoms with Crippen LogP contribution in [0.15, 0.2) is 47.6 Å². The third-order valence-electron chi connectivity index (χ3n) is 5.10. The molecule has 0 aliphatic heterocycles. The van der Waals surface area contributed by atoms with Gasteiger partial charge in [0.1, 0.15) is 0 Å². The summed E-state index contributed by atoms with van der Waals surface area (Å²) in [7, 11) is -3.61. The fourth-order valence-electron chi connectivity index (χ4n) is 3.37. The van der Waals surface area contributed by atoms with Gasteiger partial charge >= 0.3 is 5.97 Å². The van der Waals surface area contributed by atoms with Gasteiger partial charge in [0.15, 0.2) is 0 Å². The van der Waals surface area contributed by atoms with Crippen molar-refractivity contribution in [2.24, 2.45) is 5.41 Å². The van der Waals surface area contributed by atoms with Crippen molar-refractivity contribution in [2.75, 3.05) is 6.61 Å². The zero-order valence-electron chi connectivity index (χ0n) is 15.6. The summed E-state index contributed by atoms with van der Waals surface area (Å²) in [5, 5.41) is 4.13. The van der Waals surface area contributed by atoms with E-state index in [0.29, 0.717) is 32.3 Å². The minimum Gasteiger partial charge on any atom is -0.466 e.